The second-order valence-corrected chi connectivity index (χ2v) is 7.37. The van der Waals surface area contributed by atoms with Gasteiger partial charge in [0, 0.05) is 13.2 Å². The van der Waals surface area contributed by atoms with Crippen molar-refractivity contribution in [2.75, 3.05) is 33.9 Å². The fraction of sp³-hybridized carbons (Fsp3) is 1.00. The second kappa shape index (κ2) is 20.0. The van der Waals surface area contributed by atoms with Crippen molar-refractivity contribution in [2.45, 2.75) is 103 Å². The van der Waals surface area contributed by atoms with E-state index in [1.165, 1.54) is 89.9 Å². The molecule has 0 heterocycles. The van der Waals surface area contributed by atoms with Crippen LogP contribution in [0.3, 0.4) is 0 Å². The van der Waals surface area contributed by atoms with Gasteiger partial charge in [-0.2, -0.15) is 0 Å². The quantitative estimate of drug-likeness (QED) is 0.253. The number of ether oxygens (including phenoxy) is 1. The molecule has 23 heavy (non-hydrogen) atoms. The van der Waals surface area contributed by atoms with Gasteiger partial charge in [-0.25, -0.2) is 0 Å². The van der Waals surface area contributed by atoms with Crippen molar-refractivity contribution in [1.82, 2.24) is 4.90 Å². The molecular weight excluding hydrogens is 282 g/mol. The van der Waals surface area contributed by atoms with Gasteiger partial charge in [-0.1, -0.05) is 90.4 Å². The van der Waals surface area contributed by atoms with Crippen LogP contribution in [0.4, 0.5) is 0 Å². The van der Waals surface area contributed by atoms with Gasteiger partial charge in [-0.15, -0.1) is 0 Å². The Balaban J connectivity index is 2.95. The third-order valence-corrected chi connectivity index (χ3v) is 4.54. The summed E-state index contributed by atoms with van der Waals surface area (Å²) in [7, 11) is 4.24. The maximum Gasteiger partial charge on any atom is 0.0478 e. The average molecular weight is 328 g/mol. The van der Waals surface area contributed by atoms with Gasteiger partial charge in [0.05, 0.1) is 0 Å². The van der Waals surface area contributed by atoms with Crippen molar-refractivity contribution in [2.24, 2.45) is 0 Å². The molecule has 0 aromatic heterocycles. The molecule has 0 saturated heterocycles. The van der Waals surface area contributed by atoms with Gasteiger partial charge in [-0.3, -0.25) is 0 Å². The zero-order valence-electron chi connectivity index (χ0n) is 16.6. The summed E-state index contributed by atoms with van der Waals surface area (Å²) in [6.07, 6.45) is 21.1. The number of rotatable bonds is 19. The molecule has 0 fully saturated rings. The van der Waals surface area contributed by atoms with Crippen molar-refractivity contribution in [3.05, 3.63) is 0 Å². The van der Waals surface area contributed by atoms with Crippen LogP contribution >= 0.6 is 0 Å². The summed E-state index contributed by atoms with van der Waals surface area (Å²) in [5.41, 5.74) is 0. The molecule has 0 aromatic rings. The van der Waals surface area contributed by atoms with E-state index in [2.05, 4.69) is 25.9 Å². The molecule has 0 bridgehead atoms. The SMILES string of the molecule is CCCCCCCCCCCCCCCCOCCCN(C)C. The van der Waals surface area contributed by atoms with Gasteiger partial charge < -0.3 is 9.64 Å². The van der Waals surface area contributed by atoms with E-state index in [4.69, 9.17) is 4.74 Å². The van der Waals surface area contributed by atoms with E-state index in [0.29, 0.717) is 0 Å². The summed E-state index contributed by atoms with van der Waals surface area (Å²) in [6, 6.07) is 0. The molecule has 0 unspecified atom stereocenters. The Hall–Kier alpha value is -0.0800. The number of hydrogen-bond donors (Lipinski definition) is 0. The van der Waals surface area contributed by atoms with Crippen LogP contribution in [0.25, 0.3) is 0 Å². The Morgan fingerprint density at radius 3 is 1.35 bits per heavy atom. The molecule has 2 nitrogen and oxygen atoms in total. The number of unbranched alkanes of at least 4 members (excludes halogenated alkanes) is 13. The zero-order valence-corrected chi connectivity index (χ0v) is 16.6. The summed E-state index contributed by atoms with van der Waals surface area (Å²) >= 11 is 0. The van der Waals surface area contributed by atoms with Gasteiger partial charge in [0.2, 0.25) is 0 Å². The highest BCUT2D eigenvalue weighted by molar-refractivity contribution is 4.49. The fourth-order valence-electron chi connectivity index (χ4n) is 2.98. The van der Waals surface area contributed by atoms with E-state index < -0.39 is 0 Å². The van der Waals surface area contributed by atoms with E-state index in [1.54, 1.807) is 0 Å². The van der Waals surface area contributed by atoms with Crippen molar-refractivity contribution in [1.29, 1.82) is 0 Å². The zero-order chi connectivity index (χ0) is 17.0. The van der Waals surface area contributed by atoms with Gasteiger partial charge in [0.1, 0.15) is 0 Å². The van der Waals surface area contributed by atoms with Gasteiger partial charge in [0.25, 0.3) is 0 Å². The lowest BCUT2D eigenvalue weighted by Gasteiger charge is -2.09. The highest BCUT2D eigenvalue weighted by Crippen LogP contribution is 2.12. The molecule has 0 aliphatic carbocycles. The Kier molecular flexibility index (Phi) is 19.9. The van der Waals surface area contributed by atoms with Crippen LogP contribution in [-0.4, -0.2) is 38.8 Å². The lowest BCUT2D eigenvalue weighted by molar-refractivity contribution is 0.122. The summed E-state index contributed by atoms with van der Waals surface area (Å²) < 4.78 is 5.66. The van der Waals surface area contributed by atoms with Crippen LogP contribution in [0.15, 0.2) is 0 Å². The minimum Gasteiger partial charge on any atom is -0.381 e. The molecule has 140 valence electrons. The largest absolute Gasteiger partial charge is 0.381 e. The van der Waals surface area contributed by atoms with Crippen LogP contribution in [0, 0.1) is 0 Å². The predicted molar refractivity (Wildman–Crippen MR) is 104 cm³/mol. The van der Waals surface area contributed by atoms with Crippen molar-refractivity contribution in [3.63, 3.8) is 0 Å². The monoisotopic (exact) mass is 327 g/mol. The van der Waals surface area contributed by atoms with Crippen molar-refractivity contribution < 1.29 is 4.74 Å². The Morgan fingerprint density at radius 2 is 0.913 bits per heavy atom. The molecule has 0 saturated carbocycles. The molecule has 0 aliphatic rings. The first kappa shape index (κ1) is 22.9. The highest BCUT2D eigenvalue weighted by Gasteiger charge is 1.95. The van der Waals surface area contributed by atoms with Crippen LogP contribution in [0.2, 0.25) is 0 Å². The normalized spacial score (nSPS) is 11.5. The Labute approximate surface area is 147 Å². The molecule has 0 N–H and O–H groups in total. The predicted octanol–water partition coefficient (Wildman–Crippen LogP) is 6.44. The molecule has 0 aromatic carbocycles. The summed E-state index contributed by atoms with van der Waals surface area (Å²) in [6.45, 7) is 5.32. The van der Waals surface area contributed by atoms with Crippen molar-refractivity contribution in [3.8, 4) is 0 Å². The van der Waals surface area contributed by atoms with E-state index in [0.717, 1.165) is 26.2 Å². The second-order valence-electron chi connectivity index (χ2n) is 7.37. The first-order chi connectivity index (χ1) is 11.3. The molecular formula is C21H45NO. The van der Waals surface area contributed by atoms with E-state index in [-0.39, 0.29) is 0 Å². The number of hydrogen-bond acceptors (Lipinski definition) is 2. The third-order valence-electron chi connectivity index (χ3n) is 4.54. The van der Waals surface area contributed by atoms with Gasteiger partial charge in [-0.05, 0) is 33.5 Å². The van der Waals surface area contributed by atoms with Crippen LogP contribution in [0.5, 0.6) is 0 Å². The Morgan fingerprint density at radius 1 is 0.522 bits per heavy atom. The standard InChI is InChI=1S/C21H45NO/c1-4-5-6-7-8-9-10-11-12-13-14-15-16-17-20-23-21-18-19-22(2)3/h4-21H2,1-3H3. The molecule has 0 rings (SSSR count). The summed E-state index contributed by atoms with van der Waals surface area (Å²) in [4.78, 5) is 2.22. The minimum absolute atomic E-state index is 0.927. The average Bonchev–Trinajstić information content (AvgIpc) is 2.53. The molecule has 0 spiro atoms. The summed E-state index contributed by atoms with van der Waals surface area (Å²) in [5, 5.41) is 0. The maximum atomic E-state index is 5.66. The molecule has 0 atom stereocenters. The lowest BCUT2D eigenvalue weighted by Crippen LogP contribution is -2.14. The molecule has 0 aliphatic heterocycles. The van der Waals surface area contributed by atoms with Crippen LogP contribution in [-0.2, 0) is 4.74 Å². The minimum atomic E-state index is 0.927. The molecule has 0 amide bonds. The van der Waals surface area contributed by atoms with Crippen molar-refractivity contribution >= 4 is 0 Å². The molecule has 0 radical (unpaired) electrons. The highest BCUT2D eigenvalue weighted by atomic mass is 16.5. The smallest absolute Gasteiger partial charge is 0.0478 e. The fourth-order valence-corrected chi connectivity index (χ4v) is 2.98. The topological polar surface area (TPSA) is 12.5 Å². The van der Waals surface area contributed by atoms with Crippen LogP contribution in [0.1, 0.15) is 103 Å². The molecule has 2 heteroatoms. The van der Waals surface area contributed by atoms with E-state index >= 15 is 0 Å². The first-order valence-corrected chi connectivity index (χ1v) is 10.5. The van der Waals surface area contributed by atoms with Gasteiger partial charge in [0.15, 0.2) is 0 Å². The summed E-state index contributed by atoms with van der Waals surface area (Å²) in [5.74, 6) is 0. The Bertz CT molecular complexity index is 206. The first-order valence-electron chi connectivity index (χ1n) is 10.5. The van der Waals surface area contributed by atoms with E-state index in [9.17, 15) is 0 Å². The third kappa shape index (κ3) is 21.9. The van der Waals surface area contributed by atoms with Gasteiger partial charge >= 0.3 is 0 Å². The lowest BCUT2D eigenvalue weighted by atomic mass is 10.0. The number of nitrogens with zero attached hydrogens (tertiary/aromatic N) is 1. The van der Waals surface area contributed by atoms with E-state index in [1.807, 2.05) is 0 Å². The maximum absolute atomic E-state index is 5.66. The van der Waals surface area contributed by atoms with Crippen LogP contribution < -0.4 is 0 Å².